The highest BCUT2D eigenvalue weighted by Gasteiger charge is 2.25. The molecule has 0 saturated carbocycles. The van der Waals surface area contributed by atoms with Gasteiger partial charge in [-0.15, -0.1) is 0 Å². The van der Waals surface area contributed by atoms with Gasteiger partial charge >= 0.3 is 5.97 Å². The Kier molecular flexibility index (Phi) is 5.25. The van der Waals surface area contributed by atoms with E-state index in [-0.39, 0.29) is 11.9 Å². The summed E-state index contributed by atoms with van der Waals surface area (Å²) < 4.78 is 0. The van der Waals surface area contributed by atoms with Crippen molar-refractivity contribution in [3.05, 3.63) is 0 Å². The van der Waals surface area contributed by atoms with Crippen LogP contribution in [0.1, 0.15) is 39.0 Å². The third-order valence-electron chi connectivity index (χ3n) is 2.82. The van der Waals surface area contributed by atoms with E-state index >= 15 is 0 Å². The monoisotopic (exact) mass is 228 g/mol. The summed E-state index contributed by atoms with van der Waals surface area (Å²) in [5, 5.41) is 14.6. The van der Waals surface area contributed by atoms with E-state index in [0.29, 0.717) is 6.42 Å². The number of aliphatic carboxylic acids is 1. The molecule has 0 spiro atoms. The Balaban J connectivity index is 2.43. The van der Waals surface area contributed by atoms with E-state index in [9.17, 15) is 9.59 Å². The van der Waals surface area contributed by atoms with Crippen LogP contribution in [0, 0.1) is 0 Å². The van der Waals surface area contributed by atoms with E-state index in [2.05, 4.69) is 10.6 Å². The lowest BCUT2D eigenvalue weighted by Gasteiger charge is -2.24. The minimum Gasteiger partial charge on any atom is -0.480 e. The predicted molar refractivity (Wildman–Crippen MR) is 60.1 cm³/mol. The zero-order valence-electron chi connectivity index (χ0n) is 9.66. The van der Waals surface area contributed by atoms with Crippen molar-refractivity contribution in [2.75, 3.05) is 6.54 Å². The topological polar surface area (TPSA) is 78.4 Å². The average molecular weight is 228 g/mol. The van der Waals surface area contributed by atoms with Gasteiger partial charge in [0.1, 0.15) is 6.04 Å². The molecule has 1 rings (SSSR count). The van der Waals surface area contributed by atoms with Crippen molar-refractivity contribution in [1.82, 2.24) is 10.6 Å². The van der Waals surface area contributed by atoms with Gasteiger partial charge in [-0.2, -0.15) is 0 Å². The second-order valence-electron chi connectivity index (χ2n) is 4.19. The van der Waals surface area contributed by atoms with Crippen LogP contribution in [-0.2, 0) is 9.59 Å². The van der Waals surface area contributed by atoms with Crippen molar-refractivity contribution in [2.24, 2.45) is 0 Å². The van der Waals surface area contributed by atoms with Gasteiger partial charge in [0.15, 0.2) is 0 Å². The standard InChI is InChI=1S/C11H20N2O3/c1-2-5-9(11(15)16)13-10(14)8-6-3-4-7-12-8/h8-9,12H,2-7H2,1H3,(H,13,14)(H,15,16)/t8-,9+/m1/s1. The minimum absolute atomic E-state index is 0.180. The summed E-state index contributed by atoms with van der Waals surface area (Å²) in [6.07, 6.45) is 4.13. The van der Waals surface area contributed by atoms with Crippen molar-refractivity contribution in [1.29, 1.82) is 0 Å². The molecule has 5 heteroatoms. The van der Waals surface area contributed by atoms with E-state index in [0.717, 1.165) is 32.2 Å². The molecule has 1 fully saturated rings. The van der Waals surface area contributed by atoms with Crippen molar-refractivity contribution in [2.45, 2.75) is 51.1 Å². The molecule has 0 aliphatic carbocycles. The van der Waals surface area contributed by atoms with Crippen molar-refractivity contribution >= 4 is 11.9 Å². The lowest BCUT2D eigenvalue weighted by atomic mass is 10.0. The molecule has 0 radical (unpaired) electrons. The van der Waals surface area contributed by atoms with Crippen LogP contribution < -0.4 is 10.6 Å². The number of carboxylic acid groups (broad SMARTS) is 1. The molecule has 1 saturated heterocycles. The molecule has 2 atom stereocenters. The van der Waals surface area contributed by atoms with Gasteiger partial charge in [0.05, 0.1) is 6.04 Å². The summed E-state index contributed by atoms with van der Waals surface area (Å²) in [5.41, 5.74) is 0. The largest absolute Gasteiger partial charge is 0.480 e. The van der Waals surface area contributed by atoms with Crippen molar-refractivity contribution in [3.8, 4) is 0 Å². The summed E-state index contributed by atoms with van der Waals surface area (Å²) in [6, 6.07) is -0.964. The van der Waals surface area contributed by atoms with Crippen molar-refractivity contribution in [3.63, 3.8) is 0 Å². The molecule has 1 heterocycles. The van der Waals surface area contributed by atoms with Crippen LogP contribution in [0.15, 0.2) is 0 Å². The number of carbonyl (C=O) groups excluding carboxylic acids is 1. The van der Waals surface area contributed by atoms with Gasteiger partial charge in [0.25, 0.3) is 0 Å². The third kappa shape index (κ3) is 3.81. The molecule has 5 nitrogen and oxygen atoms in total. The second-order valence-corrected chi connectivity index (χ2v) is 4.19. The molecular formula is C11H20N2O3. The van der Waals surface area contributed by atoms with E-state index in [1.165, 1.54) is 0 Å². The van der Waals surface area contributed by atoms with Gasteiger partial charge in [0, 0.05) is 0 Å². The normalized spacial score (nSPS) is 22.4. The Morgan fingerprint density at radius 2 is 2.25 bits per heavy atom. The van der Waals surface area contributed by atoms with E-state index in [1.807, 2.05) is 6.92 Å². The van der Waals surface area contributed by atoms with E-state index < -0.39 is 12.0 Å². The maximum Gasteiger partial charge on any atom is 0.326 e. The average Bonchev–Trinajstić information content (AvgIpc) is 2.29. The first-order valence-electron chi connectivity index (χ1n) is 5.91. The zero-order valence-corrected chi connectivity index (χ0v) is 9.66. The fourth-order valence-electron chi connectivity index (χ4n) is 1.89. The van der Waals surface area contributed by atoms with Crippen LogP contribution in [0.5, 0.6) is 0 Å². The molecule has 16 heavy (non-hydrogen) atoms. The number of hydrogen-bond donors (Lipinski definition) is 3. The van der Waals surface area contributed by atoms with Gasteiger partial charge in [0.2, 0.25) is 5.91 Å². The summed E-state index contributed by atoms with van der Waals surface area (Å²) in [4.78, 5) is 22.6. The quantitative estimate of drug-likeness (QED) is 0.640. The van der Waals surface area contributed by atoms with E-state index in [4.69, 9.17) is 5.11 Å². The molecule has 1 aliphatic rings. The number of rotatable bonds is 5. The molecule has 3 N–H and O–H groups in total. The van der Waals surface area contributed by atoms with Crippen LogP contribution in [0.4, 0.5) is 0 Å². The highest BCUT2D eigenvalue weighted by atomic mass is 16.4. The zero-order chi connectivity index (χ0) is 12.0. The van der Waals surface area contributed by atoms with Crippen molar-refractivity contribution < 1.29 is 14.7 Å². The van der Waals surface area contributed by atoms with E-state index in [1.54, 1.807) is 0 Å². The van der Waals surface area contributed by atoms with Crippen LogP contribution in [0.25, 0.3) is 0 Å². The number of piperidine rings is 1. The smallest absolute Gasteiger partial charge is 0.326 e. The first-order chi connectivity index (χ1) is 7.65. The van der Waals surface area contributed by atoms with Gasteiger partial charge in [-0.3, -0.25) is 4.79 Å². The van der Waals surface area contributed by atoms with Gasteiger partial charge in [-0.1, -0.05) is 19.8 Å². The fraction of sp³-hybridized carbons (Fsp3) is 0.818. The summed E-state index contributed by atoms with van der Waals surface area (Å²) in [7, 11) is 0. The SMILES string of the molecule is CCC[C@H](NC(=O)[C@H]1CCCCN1)C(=O)O. The lowest BCUT2D eigenvalue weighted by Crippen LogP contribution is -2.51. The number of hydrogen-bond acceptors (Lipinski definition) is 3. The van der Waals surface area contributed by atoms with Crippen LogP contribution >= 0.6 is 0 Å². The number of carbonyl (C=O) groups is 2. The lowest BCUT2D eigenvalue weighted by molar-refractivity contribution is -0.142. The van der Waals surface area contributed by atoms with Gasteiger partial charge in [-0.25, -0.2) is 4.79 Å². The predicted octanol–water partition coefficient (Wildman–Crippen LogP) is 0.498. The fourth-order valence-corrected chi connectivity index (χ4v) is 1.89. The molecule has 0 bridgehead atoms. The molecule has 0 aromatic rings. The maximum atomic E-state index is 11.8. The first-order valence-corrected chi connectivity index (χ1v) is 5.91. The van der Waals surface area contributed by atoms with Crippen LogP contribution in [0.2, 0.25) is 0 Å². The number of nitrogens with one attached hydrogen (secondary N) is 2. The first kappa shape index (κ1) is 13.0. The van der Waals surface area contributed by atoms with Gasteiger partial charge < -0.3 is 15.7 Å². The number of amides is 1. The number of carboxylic acids is 1. The Morgan fingerprint density at radius 3 is 2.75 bits per heavy atom. The summed E-state index contributed by atoms with van der Waals surface area (Å²) >= 11 is 0. The molecule has 0 unspecified atom stereocenters. The Bertz CT molecular complexity index is 250. The molecule has 1 amide bonds. The molecule has 1 aliphatic heterocycles. The van der Waals surface area contributed by atoms with Gasteiger partial charge in [-0.05, 0) is 25.8 Å². The summed E-state index contributed by atoms with van der Waals surface area (Å²) in [6.45, 7) is 2.74. The van der Waals surface area contributed by atoms with Crippen LogP contribution in [0.3, 0.4) is 0 Å². The molecule has 92 valence electrons. The summed E-state index contributed by atoms with van der Waals surface area (Å²) in [5.74, 6) is -1.13. The molecule has 0 aromatic carbocycles. The Labute approximate surface area is 95.6 Å². The Morgan fingerprint density at radius 1 is 1.50 bits per heavy atom. The minimum atomic E-state index is -0.953. The highest BCUT2D eigenvalue weighted by Crippen LogP contribution is 2.07. The maximum absolute atomic E-state index is 11.8. The molecular weight excluding hydrogens is 208 g/mol. The third-order valence-corrected chi connectivity index (χ3v) is 2.82. The van der Waals surface area contributed by atoms with Crippen LogP contribution in [-0.4, -0.2) is 35.6 Å². The highest BCUT2D eigenvalue weighted by molar-refractivity contribution is 5.86. The molecule has 0 aromatic heterocycles. The second kappa shape index (κ2) is 6.48. The Hall–Kier alpha value is -1.10.